The molecule has 5 nitrogen and oxygen atoms in total. The van der Waals surface area contributed by atoms with E-state index in [-0.39, 0.29) is 18.9 Å². The van der Waals surface area contributed by atoms with E-state index in [9.17, 15) is 10.1 Å². The lowest BCUT2D eigenvalue weighted by Crippen LogP contribution is -1.97. The number of hydrogen-bond donors (Lipinski definition) is 1. The van der Waals surface area contributed by atoms with Crippen molar-refractivity contribution in [3.05, 3.63) is 69.8 Å². The zero-order valence-corrected chi connectivity index (χ0v) is 11.6. The van der Waals surface area contributed by atoms with Crippen LogP contribution in [0.2, 0.25) is 0 Å². The van der Waals surface area contributed by atoms with E-state index in [2.05, 4.69) is 0 Å². The van der Waals surface area contributed by atoms with Crippen LogP contribution in [-0.2, 0) is 13.0 Å². The van der Waals surface area contributed by atoms with Gasteiger partial charge in [0.2, 0.25) is 0 Å². The molecule has 1 N–H and O–H groups in total. The van der Waals surface area contributed by atoms with Crippen LogP contribution in [0.4, 0.5) is 5.69 Å². The van der Waals surface area contributed by atoms with Gasteiger partial charge >= 0.3 is 0 Å². The van der Waals surface area contributed by atoms with Gasteiger partial charge in [-0.05, 0) is 36.1 Å². The largest absolute Gasteiger partial charge is 0.489 e. The number of benzene rings is 2. The Morgan fingerprint density at radius 3 is 2.52 bits per heavy atom. The minimum Gasteiger partial charge on any atom is -0.489 e. The summed E-state index contributed by atoms with van der Waals surface area (Å²) in [6.45, 7) is 0.475. The average Bonchev–Trinajstić information content (AvgIpc) is 2.52. The fourth-order valence-corrected chi connectivity index (χ4v) is 1.96. The molecular weight excluding hydrogens is 270 g/mol. The third kappa shape index (κ3) is 4.57. The summed E-state index contributed by atoms with van der Waals surface area (Å²) in [4.78, 5) is 10.3. The van der Waals surface area contributed by atoms with Crippen molar-refractivity contribution in [2.24, 2.45) is 0 Å². The molecule has 5 heteroatoms. The van der Waals surface area contributed by atoms with Gasteiger partial charge in [-0.25, -0.2) is 0 Å². The molecule has 2 rings (SSSR count). The predicted octanol–water partition coefficient (Wildman–Crippen LogP) is 3.10. The first kappa shape index (κ1) is 15.0. The van der Waals surface area contributed by atoms with Crippen molar-refractivity contribution in [1.82, 2.24) is 0 Å². The summed E-state index contributed by atoms with van der Waals surface area (Å²) in [5, 5.41) is 19.5. The predicted molar refractivity (Wildman–Crippen MR) is 79.3 cm³/mol. The van der Waals surface area contributed by atoms with Gasteiger partial charge in [0, 0.05) is 18.7 Å². The first-order chi connectivity index (χ1) is 10.2. The van der Waals surface area contributed by atoms with E-state index < -0.39 is 4.92 Å². The number of aryl methyl sites for hydroxylation is 1. The topological polar surface area (TPSA) is 72.6 Å². The van der Waals surface area contributed by atoms with Crippen molar-refractivity contribution in [2.45, 2.75) is 19.4 Å². The average molecular weight is 287 g/mol. The van der Waals surface area contributed by atoms with E-state index in [0.717, 1.165) is 24.0 Å². The molecule has 0 bridgehead atoms. The molecule has 0 aromatic heterocycles. The number of hydrogen-bond acceptors (Lipinski definition) is 4. The van der Waals surface area contributed by atoms with E-state index >= 15 is 0 Å². The summed E-state index contributed by atoms with van der Waals surface area (Å²) in [5.41, 5.74) is 1.97. The van der Waals surface area contributed by atoms with Crippen molar-refractivity contribution in [1.29, 1.82) is 0 Å². The monoisotopic (exact) mass is 287 g/mol. The van der Waals surface area contributed by atoms with Crippen LogP contribution in [0.1, 0.15) is 17.5 Å². The molecule has 2 aromatic rings. The highest BCUT2D eigenvalue weighted by Gasteiger charge is 2.06. The van der Waals surface area contributed by atoms with Crippen LogP contribution in [0, 0.1) is 10.1 Å². The second kappa shape index (κ2) is 7.40. The molecule has 0 atom stereocenters. The number of nitro benzene ring substituents is 1. The van der Waals surface area contributed by atoms with Crippen molar-refractivity contribution in [2.75, 3.05) is 6.61 Å². The molecule has 110 valence electrons. The molecule has 0 aliphatic carbocycles. The molecule has 0 amide bonds. The molecule has 2 aromatic carbocycles. The second-order valence-electron chi connectivity index (χ2n) is 4.69. The number of non-ortho nitro benzene ring substituents is 1. The maximum atomic E-state index is 10.7. The van der Waals surface area contributed by atoms with Gasteiger partial charge in [-0.3, -0.25) is 10.1 Å². The van der Waals surface area contributed by atoms with E-state index in [4.69, 9.17) is 9.84 Å². The smallest absolute Gasteiger partial charge is 0.269 e. The number of nitro groups is 1. The van der Waals surface area contributed by atoms with Gasteiger partial charge in [-0.15, -0.1) is 0 Å². The number of aliphatic hydroxyl groups excluding tert-OH is 1. The quantitative estimate of drug-likeness (QED) is 0.627. The van der Waals surface area contributed by atoms with Crippen LogP contribution in [0.15, 0.2) is 48.5 Å². The maximum absolute atomic E-state index is 10.7. The summed E-state index contributed by atoms with van der Waals surface area (Å²) in [6.07, 6.45) is 1.58. The van der Waals surface area contributed by atoms with Gasteiger partial charge in [0.1, 0.15) is 12.4 Å². The Bertz CT molecular complexity index is 595. The van der Waals surface area contributed by atoms with Crippen molar-refractivity contribution < 1.29 is 14.8 Å². The van der Waals surface area contributed by atoms with Gasteiger partial charge in [-0.2, -0.15) is 0 Å². The van der Waals surface area contributed by atoms with Crippen molar-refractivity contribution in [3.63, 3.8) is 0 Å². The molecule has 0 unspecified atom stereocenters. The van der Waals surface area contributed by atoms with Gasteiger partial charge in [0.25, 0.3) is 5.69 Å². The zero-order chi connectivity index (χ0) is 15.1. The molecule has 0 saturated heterocycles. The van der Waals surface area contributed by atoms with Crippen LogP contribution >= 0.6 is 0 Å². The Kier molecular flexibility index (Phi) is 5.29. The SMILES string of the molecule is O=[N+]([O-])c1cccc(COc2ccc(CCCO)cc2)c1. The highest BCUT2D eigenvalue weighted by Crippen LogP contribution is 2.17. The Morgan fingerprint density at radius 1 is 1.10 bits per heavy atom. The fraction of sp³-hybridized carbons (Fsp3) is 0.250. The van der Waals surface area contributed by atoms with E-state index in [0.29, 0.717) is 5.75 Å². The Balaban J connectivity index is 1.93. The van der Waals surface area contributed by atoms with Crippen molar-refractivity contribution >= 4 is 5.69 Å². The highest BCUT2D eigenvalue weighted by molar-refractivity contribution is 5.34. The van der Waals surface area contributed by atoms with Crippen LogP contribution in [0.5, 0.6) is 5.75 Å². The molecule has 0 heterocycles. The standard InChI is InChI=1S/C16H17NO4/c18-10-2-4-13-6-8-16(9-7-13)21-12-14-3-1-5-15(11-14)17(19)20/h1,3,5-9,11,18H,2,4,10,12H2. The third-order valence-corrected chi connectivity index (χ3v) is 3.07. The Labute approximate surface area is 123 Å². The lowest BCUT2D eigenvalue weighted by Gasteiger charge is -2.07. The van der Waals surface area contributed by atoms with Gasteiger partial charge in [0.15, 0.2) is 0 Å². The molecular formula is C16H17NO4. The van der Waals surface area contributed by atoms with Crippen LogP contribution in [0.3, 0.4) is 0 Å². The lowest BCUT2D eigenvalue weighted by atomic mass is 10.1. The second-order valence-corrected chi connectivity index (χ2v) is 4.69. The lowest BCUT2D eigenvalue weighted by molar-refractivity contribution is -0.384. The first-order valence-corrected chi connectivity index (χ1v) is 6.75. The summed E-state index contributed by atoms with van der Waals surface area (Å²) in [5.74, 6) is 0.717. The molecule has 0 aliphatic heterocycles. The van der Waals surface area contributed by atoms with E-state index in [1.165, 1.54) is 12.1 Å². The third-order valence-electron chi connectivity index (χ3n) is 3.07. The number of nitrogens with zero attached hydrogens (tertiary/aromatic N) is 1. The molecule has 0 radical (unpaired) electrons. The summed E-state index contributed by atoms with van der Waals surface area (Å²) in [7, 11) is 0. The highest BCUT2D eigenvalue weighted by atomic mass is 16.6. The molecule has 0 spiro atoms. The van der Waals surface area contributed by atoms with E-state index in [1.54, 1.807) is 12.1 Å². The minimum atomic E-state index is -0.417. The van der Waals surface area contributed by atoms with Crippen molar-refractivity contribution in [3.8, 4) is 5.75 Å². The number of aliphatic hydroxyl groups is 1. The summed E-state index contributed by atoms with van der Waals surface area (Å²) in [6, 6.07) is 14.1. The van der Waals surface area contributed by atoms with Gasteiger partial charge in [-0.1, -0.05) is 24.3 Å². The molecule has 0 aliphatic rings. The normalized spacial score (nSPS) is 10.3. The fourth-order valence-electron chi connectivity index (χ4n) is 1.96. The van der Waals surface area contributed by atoms with Crippen LogP contribution < -0.4 is 4.74 Å². The van der Waals surface area contributed by atoms with E-state index in [1.807, 2.05) is 24.3 Å². The molecule has 0 saturated carbocycles. The maximum Gasteiger partial charge on any atom is 0.269 e. The van der Waals surface area contributed by atoms with Gasteiger partial charge in [0.05, 0.1) is 4.92 Å². The molecule has 0 fully saturated rings. The minimum absolute atomic E-state index is 0.0652. The Morgan fingerprint density at radius 2 is 1.86 bits per heavy atom. The summed E-state index contributed by atoms with van der Waals surface area (Å²) < 4.78 is 5.61. The molecule has 21 heavy (non-hydrogen) atoms. The van der Waals surface area contributed by atoms with Gasteiger partial charge < -0.3 is 9.84 Å². The summed E-state index contributed by atoms with van der Waals surface area (Å²) >= 11 is 0. The van der Waals surface area contributed by atoms with Crippen LogP contribution in [-0.4, -0.2) is 16.6 Å². The Hall–Kier alpha value is -2.40. The first-order valence-electron chi connectivity index (χ1n) is 6.75. The number of rotatable bonds is 7. The van der Waals surface area contributed by atoms with Crippen LogP contribution in [0.25, 0.3) is 0 Å². The zero-order valence-electron chi connectivity index (χ0n) is 11.6. The number of ether oxygens (including phenoxy) is 1.